The minimum Gasteiger partial charge on any atom is -0.370 e. The number of hydrogen-bond acceptors (Lipinski definition) is 3. The van der Waals surface area contributed by atoms with Crippen molar-refractivity contribution in [2.24, 2.45) is 5.92 Å². The first kappa shape index (κ1) is 13.2. The highest BCUT2D eigenvalue weighted by Gasteiger charge is 2.19. The van der Waals surface area contributed by atoms with E-state index in [9.17, 15) is 4.79 Å². The summed E-state index contributed by atoms with van der Waals surface area (Å²) in [4.78, 5) is 18.8. The molecule has 1 amide bonds. The van der Waals surface area contributed by atoms with Crippen LogP contribution in [-0.4, -0.2) is 24.0 Å². The Balaban J connectivity index is 1.59. The van der Waals surface area contributed by atoms with Gasteiger partial charge in [-0.2, -0.15) is 0 Å². The van der Waals surface area contributed by atoms with E-state index in [1.54, 1.807) is 0 Å². The molecule has 1 aliphatic carbocycles. The molecule has 2 heterocycles. The Morgan fingerprint density at radius 3 is 2.75 bits per heavy atom. The van der Waals surface area contributed by atoms with E-state index < -0.39 is 0 Å². The molecular formula is C16H21N3O. The molecule has 2 aliphatic rings. The van der Waals surface area contributed by atoms with Crippen molar-refractivity contribution in [2.75, 3.05) is 23.3 Å². The summed E-state index contributed by atoms with van der Waals surface area (Å²) in [6.07, 6.45) is 11.4. The monoisotopic (exact) mass is 271 g/mol. The van der Waals surface area contributed by atoms with Crippen LogP contribution in [0.1, 0.15) is 32.1 Å². The molecule has 1 fully saturated rings. The second-order valence-corrected chi connectivity index (χ2v) is 5.57. The topological polar surface area (TPSA) is 45.2 Å². The van der Waals surface area contributed by atoms with Crippen molar-refractivity contribution in [1.29, 1.82) is 0 Å². The van der Waals surface area contributed by atoms with E-state index in [2.05, 4.69) is 33.4 Å². The Morgan fingerprint density at radius 2 is 2.10 bits per heavy atom. The van der Waals surface area contributed by atoms with Crippen molar-refractivity contribution in [3.05, 3.63) is 30.5 Å². The molecule has 0 bridgehead atoms. The van der Waals surface area contributed by atoms with Gasteiger partial charge in [0.1, 0.15) is 5.82 Å². The number of rotatable bonds is 3. The lowest BCUT2D eigenvalue weighted by molar-refractivity contribution is -0.120. The van der Waals surface area contributed by atoms with E-state index in [1.165, 1.54) is 12.8 Å². The SMILES string of the molecule is O=C(Nc1ccc(N2CCCC2)cn1)C1CC=CCC1. The zero-order chi connectivity index (χ0) is 13.8. The van der Waals surface area contributed by atoms with Crippen LogP contribution in [0.2, 0.25) is 0 Å². The van der Waals surface area contributed by atoms with Gasteiger partial charge in [0.15, 0.2) is 0 Å². The van der Waals surface area contributed by atoms with Crippen LogP contribution in [-0.2, 0) is 4.79 Å². The van der Waals surface area contributed by atoms with Crippen molar-refractivity contribution in [3.8, 4) is 0 Å². The van der Waals surface area contributed by atoms with E-state index in [1.807, 2.05) is 12.3 Å². The van der Waals surface area contributed by atoms with Crippen LogP contribution < -0.4 is 10.2 Å². The van der Waals surface area contributed by atoms with Crippen LogP contribution in [0.3, 0.4) is 0 Å². The van der Waals surface area contributed by atoms with Crippen LogP contribution in [0, 0.1) is 5.92 Å². The number of amides is 1. The summed E-state index contributed by atoms with van der Waals surface area (Å²) in [5.74, 6) is 0.850. The summed E-state index contributed by atoms with van der Waals surface area (Å²) in [5.41, 5.74) is 1.15. The fraction of sp³-hybridized carbons (Fsp3) is 0.500. The number of carbonyl (C=O) groups is 1. The third-order valence-electron chi connectivity index (χ3n) is 4.11. The predicted octanol–water partition coefficient (Wildman–Crippen LogP) is 2.98. The number of aromatic nitrogens is 1. The van der Waals surface area contributed by atoms with Crippen molar-refractivity contribution in [1.82, 2.24) is 4.98 Å². The highest BCUT2D eigenvalue weighted by Crippen LogP contribution is 2.22. The average Bonchev–Trinajstić information content (AvgIpc) is 3.03. The lowest BCUT2D eigenvalue weighted by Gasteiger charge is -2.19. The second kappa shape index (κ2) is 6.07. The number of allylic oxidation sites excluding steroid dienone is 2. The molecule has 106 valence electrons. The number of hydrogen-bond donors (Lipinski definition) is 1. The first-order valence-electron chi connectivity index (χ1n) is 7.50. The molecule has 1 aliphatic heterocycles. The van der Waals surface area contributed by atoms with Crippen molar-refractivity contribution in [3.63, 3.8) is 0 Å². The zero-order valence-electron chi connectivity index (χ0n) is 11.7. The lowest BCUT2D eigenvalue weighted by atomic mass is 9.94. The van der Waals surface area contributed by atoms with Crippen LogP contribution in [0.25, 0.3) is 0 Å². The molecule has 1 atom stereocenters. The lowest BCUT2D eigenvalue weighted by Crippen LogP contribution is -2.24. The Labute approximate surface area is 119 Å². The first-order valence-corrected chi connectivity index (χ1v) is 7.50. The fourth-order valence-electron chi connectivity index (χ4n) is 2.88. The number of nitrogens with zero attached hydrogens (tertiary/aromatic N) is 2. The molecule has 20 heavy (non-hydrogen) atoms. The number of carbonyl (C=O) groups excluding carboxylic acids is 1. The molecule has 1 aromatic heterocycles. The summed E-state index contributed by atoms with van der Waals surface area (Å²) in [5, 5.41) is 2.93. The summed E-state index contributed by atoms with van der Waals surface area (Å²) < 4.78 is 0. The van der Waals surface area contributed by atoms with Gasteiger partial charge in [-0.3, -0.25) is 4.79 Å². The normalized spacial score (nSPS) is 22.0. The third-order valence-corrected chi connectivity index (χ3v) is 4.11. The molecule has 1 aromatic rings. The van der Waals surface area contributed by atoms with E-state index in [-0.39, 0.29) is 11.8 Å². The fourth-order valence-corrected chi connectivity index (χ4v) is 2.88. The maximum absolute atomic E-state index is 12.1. The minimum absolute atomic E-state index is 0.0933. The Bertz CT molecular complexity index is 489. The molecule has 1 saturated heterocycles. The molecule has 4 nitrogen and oxygen atoms in total. The van der Waals surface area contributed by atoms with E-state index in [0.717, 1.165) is 38.0 Å². The largest absolute Gasteiger partial charge is 0.370 e. The van der Waals surface area contributed by atoms with Gasteiger partial charge in [0.2, 0.25) is 5.91 Å². The van der Waals surface area contributed by atoms with E-state index in [4.69, 9.17) is 0 Å². The molecule has 0 saturated carbocycles. The molecule has 1 unspecified atom stereocenters. The minimum atomic E-state index is 0.0933. The molecular weight excluding hydrogens is 250 g/mol. The Kier molecular flexibility index (Phi) is 4.00. The smallest absolute Gasteiger partial charge is 0.228 e. The molecule has 3 rings (SSSR count). The van der Waals surface area contributed by atoms with Gasteiger partial charge in [-0.25, -0.2) is 4.98 Å². The second-order valence-electron chi connectivity index (χ2n) is 5.57. The van der Waals surface area contributed by atoms with Crippen molar-refractivity contribution in [2.45, 2.75) is 32.1 Å². The molecule has 0 aromatic carbocycles. The van der Waals surface area contributed by atoms with Gasteiger partial charge in [-0.1, -0.05) is 12.2 Å². The van der Waals surface area contributed by atoms with Crippen LogP contribution in [0.4, 0.5) is 11.5 Å². The van der Waals surface area contributed by atoms with Gasteiger partial charge in [-0.15, -0.1) is 0 Å². The molecule has 0 radical (unpaired) electrons. The van der Waals surface area contributed by atoms with Crippen LogP contribution in [0.5, 0.6) is 0 Å². The standard InChI is InChI=1S/C16H21N3O/c20-16(13-6-2-1-3-7-13)18-15-9-8-14(12-17-15)19-10-4-5-11-19/h1-2,8-9,12-13H,3-7,10-11H2,(H,17,18,20). The highest BCUT2D eigenvalue weighted by atomic mass is 16.1. The Hall–Kier alpha value is -1.84. The van der Waals surface area contributed by atoms with Crippen LogP contribution >= 0.6 is 0 Å². The van der Waals surface area contributed by atoms with Gasteiger partial charge < -0.3 is 10.2 Å². The Morgan fingerprint density at radius 1 is 1.25 bits per heavy atom. The van der Waals surface area contributed by atoms with Gasteiger partial charge in [-0.05, 0) is 44.2 Å². The van der Waals surface area contributed by atoms with Gasteiger partial charge in [0.25, 0.3) is 0 Å². The number of nitrogens with one attached hydrogen (secondary N) is 1. The van der Waals surface area contributed by atoms with E-state index in [0.29, 0.717) is 5.82 Å². The van der Waals surface area contributed by atoms with Crippen LogP contribution in [0.15, 0.2) is 30.5 Å². The van der Waals surface area contributed by atoms with Crippen molar-refractivity contribution >= 4 is 17.4 Å². The predicted molar refractivity (Wildman–Crippen MR) is 80.8 cm³/mol. The zero-order valence-corrected chi connectivity index (χ0v) is 11.7. The van der Waals surface area contributed by atoms with Gasteiger partial charge in [0, 0.05) is 19.0 Å². The number of pyridine rings is 1. The summed E-state index contributed by atoms with van der Waals surface area (Å²) in [6, 6.07) is 3.96. The maximum Gasteiger partial charge on any atom is 0.228 e. The number of anilines is 2. The highest BCUT2D eigenvalue weighted by molar-refractivity contribution is 5.91. The maximum atomic E-state index is 12.1. The average molecular weight is 271 g/mol. The van der Waals surface area contributed by atoms with Crippen molar-refractivity contribution < 1.29 is 4.79 Å². The van der Waals surface area contributed by atoms with Gasteiger partial charge >= 0.3 is 0 Å². The van der Waals surface area contributed by atoms with Gasteiger partial charge in [0.05, 0.1) is 11.9 Å². The molecule has 0 spiro atoms. The summed E-state index contributed by atoms with van der Waals surface area (Å²) >= 11 is 0. The first-order chi connectivity index (χ1) is 9.83. The third kappa shape index (κ3) is 3.00. The quantitative estimate of drug-likeness (QED) is 0.860. The summed E-state index contributed by atoms with van der Waals surface area (Å²) in [7, 11) is 0. The van der Waals surface area contributed by atoms with E-state index >= 15 is 0 Å². The molecule has 4 heteroatoms. The molecule has 1 N–H and O–H groups in total. The summed E-state index contributed by atoms with van der Waals surface area (Å²) in [6.45, 7) is 2.23.